The second-order valence-corrected chi connectivity index (χ2v) is 31.1. The number of nitrogens with two attached hydrogens (primary N) is 3. The number of nitrogen functional groups attached to an aromatic ring is 1. The number of para-hydroxylation sites is 3. The van der Waals surface area contributed by atoms with Gasteiger partial charge in [-0.3, -0.25) is 95.9 Å². The molecular formula is C85H107N19O28. The first-order valence-corrected chi connectivity index (χ1v) is 41.7. The first-order chi connectivity index (χ1) is 62.6. The fourth-order valence-corrected chi connectivity index (χ4v) is 13.7. The summed E-state index contributed by atoms with van der Waals surface area (Å²) in [4.78, 5) is 298. The maximum absolute atomic E-state index is 15.1. The maximum atomic E-state index is 15.1. The van der Waals surface area contributed by atoms with Gasteiger partial charge in [0.25, 0.3) is 0 Å². The zero-order valence-electron chi connectivity index (χ0n) is 72.1. The molecule has 0 spiro atoms. The van der Waals surface area contributed by atoms with Crippen molar-refractivity contribution in [1.29, 1.82) is 0 Å². The van der Waals surface area contributed by atoms with E-state index >= 15 is 14.4 Å². The molecule has 1 fully saturated rings. The molecule has 6 aromatic rings. The van der Waals surface area contributed by atoms with Gasteiger partial charge in [0.1, 0.15) is 78.3 Å². The molecule has 7 rings (SSSR count). The molecule has 47 heteroatoms. The number of carbonyl (C=O) groups is 21. The van der Waals surface area contributed by atoms with Crippen LogP contribution in [0.25, 0.3) is 21.8 Å². The van der Waals surface area contributed by atoms with E-state index in [4.69, 9.17) is 26.7 Å². The molecule has 4 aromatic carbocycles. The summed E-state index contributed by atoms with van der Waals surface area (Å²) in [6, 6.07) is 0.967. The number of fused-ring (bicyclic) bond motifs is 2. The van der Waals surface area contributed by atoms with Gasteiger partial charge in [-0.25, -0.2) is 4.79 Å². The molecule has 15 amide bonds. The Morgan fingerprint density at radius 3 is 1.64 bits per heavy atom. The van der Waals surface area contributed by atoms with Crippen LogP contribution in [-0.2, 0) is 120 Å². The number of H-pyrrole nitrogens is 2. The highest BCUT2D eigenvalue weighted by molar-refractivity contribution is 6.05. The monoisotopic (exact) mass is 1840 g/mol. The van der Waals surface area contributed by atoms with Crippen molar-refractivity contribution in [1.82, 2.24) is 84.4 Å². The quantitative estimate of drug-likeness (QED) is 0.00751. The van der Waals surface area contributed by atoms with Crippen LogP contribution in [0, 0.1) is 5.92 Å². The number of nitrogens with one attached hydrogen (secondary N) is 16. The number of carbonyl (C=O) groups excluding carboxylic acids is 17. The second-order valence-electron chi connectivity index (χ2n) is 31.1. The van der Waals surface area contributed by atoms with E-state index < -0.39 is 273 Å². The van der Waals surface area contributed by atoms with Gasteiger partial charge in [0.15, 0.2) is 5.78 Å². The van der Waals surface area contributed by atoms with E-state index in [1.807, 2.05) is 22.9 Å². The van der Waals surface area contributed by atoms with Crippen molar-refractivity contribution >= 4 is 152 Å². The van der Waals surface area contributed by atoms with Crippen molar-refractivity contribution in [2.75, 3.05) is 38.6 Å². The van der Waals surface area contributed by atoms with Crippen LogP contribution >= 0.6 is 0 Å². The van der Waals surface area contributed by atoms with E-state index in [1.54, 1.807) is 85.2 Å². The molecule has 132 heavy (non-hydrogen) atoms. The normalized spacial score (nSPS) is 20.2. The zero-order chi connectivity index (χ0) is 97.2. The van der Waals surface area contributed by atoms with E-state index in [2.05, 4.69) is 68.5 Å². The van der Waals surface area contributed by atoms with Gasteiger partial charge in [0, 0.05) is 64.8 Å². The van der Waals surface area contributed by atoms with Crippen molar-refractivity contribution in [3.63, 3.8) is 0 Å². The number of aromatic amines is 2. The molecule has 2 aromatic heterocycles. The standard InChI is InChI=1S/C85H107N19O28/c1-5-6-26-131-47-23-21-44(22-24-47)28-65(108)96-56(30-46-37-91-54-19-12-9-15-49(46)54)79(124)99-57(32-64(88)107)80(125)101-60(35-71(117)118)81(126)104-73-43(4)132-85(130)61(31-63(106)50-16-7-10-17-51(50)86)102-84(129)72(41(2)27-68(111)112)103-82(127)62(40-105)97-67(110)38-92-76(121)58(33-69(113)114)98-74(119)42(3)94-78(123)59(34-70(115)116)100-77(122)55(95-66(109)39-93-83(73)128)20-13-25-89-75(120)52(87)29-45-36-90-53-18-11-8-14-48(45)53/h7-12,14-19,21-24,36-37,41-43,52,55-62,72-73,90-91,105H,5-6,13,20,25-35,38-40,86-87H2,1-4H3,(H2,88,107)(H,89,120)(H,92,121)(H,93,128)(H,94,123)(H,95,109)(H,96,108)(H,97,110)(H,98,119)(H,99,124)(H,100,122)(H,101,125)(H,102,129)(H,103,127)(H,104,126)(H,111,112)(H,113,114)(H,115,116)(H,117,118). The Kier molecular flexibility index (Phi) is 39.5. The summed E-state index contributed by atoms with van der Waals surface area (Å²) in [5, 5.41) is 82.7. The number of unbranched alkanes of at least 4 members (excludes halogenated alkanes) is 1. The number of esters is 1. The predicted molar refractivity (Wildman–Crippen MR) is 462 cm³/mol. The van der Waals surface area contributed by atoms with E-state index in [9.17, 15) is 112 Å². The molecular weight excluding hydrogens is 1740 g/mol. The summed E-state index contributed by atoms with van der Waals surface area (Å²) in [5.41, 5.74) is 20.5. The molecule has 14 unspecified atom stereocenters. The lowest BCUT2D eigenvalue weighted by Gasteiger charge is -2.30. The van der Waals surface area contributed by atoms with Crippen LogP contribution in [0.4, 0.5) is 5.69 Å². The number of aromatic nitrogens is 2. The smallest absolute Gasteiger partial charge is 0.329 e. The summed E-state index contributed by atoms with van der Waals surface area (Å²) in [5.74, 6) is -30.9. The third kappa shape index (κ3) is 32.4. The van der Waals surface area contributed by atoms with Crippen LogP contribution in [-0.4, -0.2) is 271 Å². The number of amides is 15. The minimum Gasteiger partial charge on any atom is -0.494 e. The molecule has 47 nitrogen and oxygen atoms in total. The number of cyclic esters (lactones) is 1. The number of rotatable bonds is 37. The highest BCUT2D eigenvalue weighted by Gasteiger charge is 2.42. The van der Waals surface area contributed by atoms with Crippen molar-refractivity contribution < 1.29 is 136 Å². The Morgan fingerprint density at radius 2 is 1.06 bits per heavy atom. The Hall–Kier alpha value is -15.4. The van der Waals surface area contributed by atoms with E-state index in [-0.39, 0.29) is 43.5 Å². The van der Waals surface area contributed by atoms with Crippen LogP contribution in [0.1, 0.15) is 119 Å². The minimum atomic E-state index is -2.52. The van der Waals surface area contributed by atoms with Crippen LogP contribution in [0.15, 0.2) is 109 Å². The summed E-state index contributed by atoms with van der Waals surface area (Å²) < 4.78 is 11.5. The first-order valence-electron chi connectivity index (χ1n) is 41.7. The number of primary amides is 1. The largest absolute Gasteiger partial charge is 0.494 e. The number of Topliss-reactive ketones (excluding diaryl/α,β-unsaturated/α-hetero) is 1. The average Bonchev–Trinajstić information content (AvgIpc) is 1.67. The molecule has 0 bridgehead atoms. The summed E-state index contributed by atoms with van der Waals surface area (Å²) >= 11 is 0. The third-order valence-corrected chi connectivity index (χ3v) is 20.6. The van der Waals surface area contributed by atoms with Crippen LogP contribution in [0.2, 0.25) is 0 Å². The van der Waals surface area contributed by atoms with E-state index in [0.29, 0.717) is 39.9 Å². The average molecular weight is 1840 g/mol. The molecule has 3 heterocycles. The lowest BCUT2D eigenvalue weighted by molar-refractivity contribution is -0.156. The topological polar surface area (TPSA) is 756 Å². The predicted octanol–water partition coefficient (Wildman–Crippen LogP) is -5.13. The lowest BCUT2D eigenvalue weighted by Crippen LogP contribution is -2.62. The van der Waals surface area contributed by atoms with Gasteiger partial charge in [-0.15, -0.1) is 0 Å². The number of aliphatic carboxylic acids is 4. The fourth-order valence-electron chi connectivity index (χ4n) is 13.7. The number of anilines is 1. The summed E-state index contributed by atoms with van der Waals surface area (Å²) in [6.45, 7) is 1.13. The number of aliphatic hydroxyl groups excluding tert-OH is 1. The zero-order valence-corrected chi connectivity index (χ0v) is 72.1. The third-order valence-electron chi connectivity index (χ3n) is 20.6. The molecule has 0 saturated carbocycles. The SMILES string of the molecule is CCCCOc1ccc(CC(=O)NC(Cc2c[nH]c3ccccc23)C(=O)NC(CC(N)=O)C(=O)NC(CC(=O)O)C(=O)NC2C(=O)NCC(=O)NC(CCCNC(=O)C(N)Cc3c[nH]c4ccccc34)C(=O)NC(CC(=O)O)C(=O)NC(C)C(=O)NC(CC(=O)O)C(=O)NCC(=O)NC(CO)C(=O)NC(C(C)CC(=O)O)C(=O)NC(CC(=O)c3ccccc3N)C(=O)OC2C)cc1. The number of carboxylic acids is 4. The fraction of sp³-hybridized carbons (Fsp3) is 0.424. The van der Waals surface area contributed by atoms with Gasteiger partial charge in [-0.05, 0) is 98.5 Å². The van der Waals surface area contributed by atoms with Crippen LogP contribution in [0.5, 0.6) is 5.75 Å². The molecule has 14 atom stereocenters. The number of ketones is 1. The number of hydrogen-bond donors (Lipinski definition) is 24. The molecule has 0 radical (unpaired) electrons. The van der Waals surface area contributed by atoms with Gasteiger partial charge < -0.3 is 137 Å². The Balaban J connectivity index is 1.28. The summed E-state index contributed by atoms with van der Waals surface area (Å²) in [7, 11) is 0. The molecule has 1 saturated heterocycles. The highest BCUT2D eigenvalue weighted by atomic mass is 16.5. The number of hydrogen-bond acceptors (Lipinski definition) is 26. The highest BCUT2D eigenvalue weighted by Crippen LogP contribution is 2.24. The first kappa shape index (κ1) is 104. The van der Waals surface area contributed by atoms with Gasteiger partial charge in [-0.1, -0.05) is 80.9 Å². The molecule has 710 valence electrons. The summed E-state index contributed by atoms with van der Waals surface area (Å²) in [6.07, 6.45) is -6.08. The van der Waals surface area contributed by atoms with Crippen molar-refractivity contribution in [2.45, 2.75) is 190 Å². The molecule has 27 N–H and O–H groups in total. The van der Waals surface area contributed by atoms with Crippen molar-refractivity contribution in [3.8, 4) is 5.75 Å². The number of benzene rings is 4. The Labute approximate surface area is 751 Å². The van der Waals surface area contributed by atoms with E-state index in [0.717, 1.165) is 44.5 Å². The van der Waals surface area contributed by atoms with Crippen LogP contribution in [0.3, 0.4) is 0 Å². The van der Waals surface area contributed by atoms with Gasteiger partial charge in [-0.2, -0.15) is 0 Å². The maximum Gasteiger partial charge on any atom is 0.329 e. The Bertz CT molecular complexity index is 5250. The number of ether oxygens (including phenoxy) is 2. The lowest BCUT2D eigenvalue weighted by atomic mass is 9.96. The van der Waals surface area contributed by atoms with Gasteiger partial charge >= 0.3 is 29.8 Å². The molecule has 1 aliphatic heterocycles. The van der Waals surface area contributed by atoms with Crippen molar-refractivity contribution in [3.05, 3.63) is 132 Å². The minimum absolute atomic E-state index is 0.0172. The number of carboxylic acid groups (broad SMARTS) is 4. The number of aliphatic hydroxyl groups is 1. The Morgan fingerprint density at radius 1 is 0.530 bits per heavy atom. The molecule has 0 aliphatic carbocycles. The van der Waals surface area contributed by atoms with Crippen LogP contribution < -0.4 is 96.4 Å². The van der Waals surface area contributed by atoms with Gasteiger partial charge in [0.2, 0.25) is 88.6 Å². The van der Waals surface area contributed by atoms with E-state index in [1.165, 1.54) is 24.3 Å². The van der Waals surface area contributed by atoms with Gasteiger partial charge in [0.05, 0.1) is 70.9 Å². The van der Waals surface area contributed by atoms with Crippen molar-refractivity contribution in [2.24, 2.45) is 17.4 Å². The molecule has 1 aliphatic rings. The second kappa shape index (κ2) is 50.3.